The molecule has 4 rings (SSSR count). The molecule has 212 valence electrons. The Bertz CT molecular complexity index is 973. The van der Waals surface area contributed by atoms with Crippen LogP contribution in [0.15, 0.2) is 24.3 Å². The number of halogens is 3. The summed E-state index contributed by atoms with van der Waals surface area (Å²) in [4.78, 5) is 37.3. The fraction of sp³-hybridized carbons (Fsp3) is 0.654. The molecule has 2 unspecified atom stereocenters. The average Bonchev–Trinajstić information content (AvgIpc) is 3.08. The van der Waals surface area contributed by atoms with Gasteiger partial charge in [-0.25, -0.2) is 4.79 Å². The van der Waals surface area contributed by atoms with E-state index in [0.717, 1.165) is 45.1 Å². The summed E-state index contributed by atoms with van der Waals surface area (Å²) in [5, 5.41) is 26.2. The van der Waals surface area contributed by atoms with Gasteiger partial charge in [-0.3, -0.25) is 14.5 Å². The fourth-order valence-electron chi connectivity index (χ4n) is 5.66. The van der Waals surface area contributed by atoms with E-state index in [1.807, 2.05) is 12.1 Å². The molecule has 2 saturated heterocycles. The number of benzene rings is 1. The first-order valence-corrected chi connectivity index (χ1v) is 12.9. The maximum Gasteiger partial charge on any atom is 0.490 e. The van der Waals surface area contributed by atoms with Crippen molar-refractivity contribution in [2.75, 3.05) is 26.2 Å². The molecule has 3 atom stereocenters. The van der Waals surface area contributed by atoms with Crippen molar-refractivity contribution in [1.29, 1.82) is 0 Å². The van der Waals surface area contributed by atoms with Gasteiger partial charge in [-0.05, 0) is 68.1 Å². The topological polar surface area (TPSA) is 144 Å². The highest BCUT2D eigenvalue weighted by Gasteiger charge is 2.41. The van der Waals surface area contributed by atoms with Crippen LogP contribution in [0.5, 0.6) is 0 Å². The first kappa shape index (κ1) is 29.9. The molecule has 1 aliphatic carbocycles. The second-order valence-corrected chi connectivity index (χ2v) is 10.4. The zero-order valence-corrected chi connectivity index (χ0v) is 21.1. The number of aliphatic hydroxyl groups excluding tert-OH is 2. The number of primary amides is 1. The quantitative estimate of drug-likeness (QED) is 0.373. The van der Waals surface area contributed by atoms with Crippen LogP contribution in [-0.2, 0) is 9.59 Å². The van der Waals surface area contributed by atoms with Crippen LogP contribution in [0, 0.1) is 5.92 Å². The lowest BCUT2D eigenvalue weighted by Gasteiger charge is -2.41. The number of fused-ring (bicyclic) bond motifs is 2. The summed E-state index contributed by atoms with van der Waals surface area (Å²) in [6.07, 6.45) is 1.51. The number of rotatable bonds is 9. The van der Waals surface area contributed by atoms with E-state index < -0.39 is 24.9 Å². The van der Waals surface area contributed by atoms with Crippen molar-refractivity contribution in [3.05, 3.63) is 35.4 Å². The summed E-state index contributed by atoms with van der Waals surface area (Å²) in [5.41, 5.74) is 7.22. The molecule has 2 amide bonds. The molecule has 38 heavy (non-hydrogen) atoms. The SMILES string of the molecule is NC(=O)c1cccc(C2CC3CCC(C2)N3CCN(CC2CCC2)C(=O)[C@@H](O)CO)c1.O=C(O)C(F)(F)F. The van der Waals surface area contributed by atoms with E-state index in [1.54, 1.807) is 11.0 Å². The summed E-state index contributed by atoms with van der Waals surface area (Å²) in [5.74, 6) is -2.54. The number of nitrogens with two attached hydrogens (primary N) is 1. The Kier molecular flexibility index (Phi) is 10.1. The van der Waals surface area contributed by atoms with E-state index in [4.69, 9.17) is 15.6 Å². The number of carboxylic acids is 1. The predicted molar refractivity (Wildman–Crippen MR) is 131 cm³/mol. The lowest BCUT2D eigenvalue weighted by Crippen LogP contribution is -2.50. The monoisotopic (exact) mass is 543 g/mol. The number of carbonyl (C=O) groups is 3. The van der Waals surface area contributed by atoms with Crippen LogP contribution in [0.4, 0.5) is 13.2 Å². The number of carboxylic acid groups (broad SMARTS) is 1. The van der Waals surface area contributed by atoms with Gasteiger partial charge in [0.15, 0.2) is 6.10 Å². The number of carbonyl (C=O) groups excluding carboxylic acids is 2. The number of hydrogen-bond donors (Lipinski definition) is 4. The molecule has 1 saturated carbocycles. The van der Waals surface area contributed by atoms with Crippen molar-refractivity contribution in [1.82, 2.24) is 9.80 Å². The van der Waals surface area contributed by atoms with Gasteiger partial charge in [-0.2, -0.15) is 13.2 Å². The van der Waals surface area contributed by atoms with Crippen molar-refractivity contribution < 1.29 is 42.9 Å². The second-order valence-electron chi connectivity index (χ2n) is 10.4. The van der Waals surface area contributed by atoms with Crippen LogP contribution >= 0.6 is 0 Å². The molecule has 0 radical (unpaired) electrons. The molecule has 1 aromatic rings. The van der Waals surface area contributed by atoms with Crippen molar-refractivity contribution in [2.45, 2.75) is 75.2 Å². The van der Waals surface area contributed by atoms with E-state index >= 15 is 0 Å². The van der Waals surface area contributed by atoms with Gasteiger partial charge in [-0.1, -0.05) is 18.6 Å². The largest absolute Gasteiger partial charge is 0.490 e. The summed E-state index contributed by atoms with van der Waals surface area (Å²) in [7, 11) is 0. The Morgan fingerprint density at radius 2 is 1.71 bits per heavy atom. The van der Waals surface area contributed by atoms with Crippen LogP contribution in [0.3, 0.4) is 0 Å². The second kappa shape index (κ2) is 12.9. The van der Waals surface area contributed by atoms with E-state index in [1.165, 1.54) is 12.0 Å². The molecule has 0 spiro atoms. The molecule has 1 aromatic carbocycles. The van der Waals surface area contributed by atoms with Gasteiger partial charge in [-0.15, -0.1) is 0 Å². The molecule has 5 N–H and O–H groups in total. The molecule has 12 heteroatoms. The van der Waals surface area contributed by atoms with Crippen LogP contribution in [0.2, 0.25) is 0 Å². The molecule has 2 aliphatic heterocycles. The Morgan fingerprint density at radius 3 is 2.18 bits per heavy atom. The normalized spacial score (nSPS) is 24.1. The smallest absolute Gasteiger partial charge is 0.475 e. The number of aliphatic carboxylic acids is 1. The van der Waals surface area contributed by atoms with Crippen LogP contribution in [0.25, 0.3) is 0 Å². The van der Waals surface area contributed by atoms with Gasteiger partial charge in [0.05, 0.1) is 6.61 Å². The molecule has 0 aromatic heterocycles. The molecule has 3 aliphatic rings. The van der Waals surface area contributed by atoms with E-state index in [2.05, 4.69) is 11.0 Å². The van der Waals surface area contributed by atoms with Gasteiger partial charge in [0.2, 0.25) is 5.91 Å². The van der Waals surface area contributed by atoms with Crippen molar-refractivity contribution in [2.24, 2.45) is 11.7 Å². The van der Waals surface area contributed by atoms with Crippen molar-refractivity contribution in [3.63, 3.8) is 0 Å². The van der Waals surface area contributed by atoms with Crippen LogP contribution < -0.4 is 5.73 Å². The third-order valence-electron chi connectivity index (χ3n) is 7.87. The maximum absolute atomic E-state index is 12.6. The minimum absolute atomic E-state index is 0.347. The lowest BCUT2D eigenvalue weighted by atomic mass is 9.84. The van der Waals surface area contributed by atoms with E-state index in [9.17, 15) is 33.0 Å². The third kappa shape index (κ3) is 7.67. The summed E-state index contributed by atoms with van der Waals surface area (Å²) in [6, 6.07) is 8.68. The molecule has 2 bridgehead atoms. The van der Waals surface area contributed by atoms with E-state index in [0.29, 0.717) is 42.6 Å². The highest BCUT2D eigenvalue weighted by atomic mass is 19.4. The highest BCUT2D eigenvalue weighted by Crippen LogP contribution is 2.43. The van der Waals surface area contributed by atoms with Gasteiger partial charge in [0, 0.05) is 37.3 Å². The minimum Gasteiger partial charge on any atom is -0.475 e. The maximum atomic E-state index is 12.6. The van der Waals surface area contributed by atoms with Gasteiger partial charge in [0.1, 0.15) is 0 Å². The Hall–Kier alpha value is -2.70. The Morgan fingerprint density at radius 1 is 1.11 bits per heavy atom. The first-order chi connectivity index (χ1) is 17.9. The number of aliphatic hydroxyl groups is 2. The number of hydrogen-bond acceptors (Lipinski definition) is 6. The van der Waals surface area contributed by atoms with Gasteiger partial charge in [0.25, 0.3) is 5.91 Å². The zero-order valence-electron chi connectivity index (χ0n) is 21.1. The molecular formula is C26H36F3N3O6. The molecule has 9 nitrogen and oxygen atoms in total. The van der Waals surface area contributed by atoms with Crippen LogP contribution in [0.1, 0.15) is 66.8 Å². The van der Waals surface area contributed by atoms with Crippen molar-refractivity contribution >= 4 is 17.8 Å². The Labute approximate surface area is 219 Å². The zero-order chi connectivity index (χ0) is 28.0. The number of piperidine rings is 1. The van der Waals surface area contributed by atoms with E-state index in [-0.39, 0.29) is 11.8 Å². The standard InChI is InChI=1S/C24H35N3O4.C2HF3O2/c25-23(30)18-6-2-5-17(11-18)19-12-20-7-8-21(13-19)27(20)10-9-26(14-16-3-1-4-16)24(31)22(29)15-28;3-2(4,5)1(6)7/h2,5-6,11,16,19-22,28-29H,1,3-4,7-10,12-15H2,(H2,25,30);(H,6,7)/t19?,20?,21?,22-;/m0./s1. The number of nitrogens with zero attached hydrogens (tertiary/aromatic N) is 2. The predicted octanol–water partition coefficient (Wildman–Crippen LogP) is 2.11. The summed E-state index contributed by atoms with van der Waals surface area (Å²) >= 11 is 0. The van der Waals surface area contributed by atoms with Gasteiger partial charge < -0.3 is 26.0 Å². The molecule has 3 fully saturated rings. The Balaban J connectivity index is 0.000000505. The van der Waals surface area contributed by atoms with Crippen molar-refractivity contribution in [3.8, 4) is 0 Å². The number of alkyl halides is 3. The fourth-order valence-corrected chi connectivity index (χ4v) is 5.66. The lowest BCUT2D eigenvalue weighted by molar-refractivity contribution is -0.192. The third-order valence-corrected chi connectivity index (χ3v) is 7.87. The average molecular weight is 544 g/mol. The minimum atomic E-state index is -5.08. The van der Waals surface area contributed by atoms with Crippen LogP contribution in [-0.4, -0.2) is 93.5 Å². The molecular weight excluding hydrogens is 507 g/mol. The highest BCUT2D eigenvalue weighted by molar-refractivity contribution is 5.92. The summed E-state index contributed by atoms with van der Waals surface area (Å²) in [6.45, 7) is 1.56. The summed E-state index contributed by atoms with van der Waals surface area (Å²) < 4.78 is 31.7. The molecule has 2 heterocycles. The van der Waals surface area contributed by atoms with Gasteiger partial charge >= 0.3 is 12.1 Å². The first-order valence-electron chi connectivity index (χ1n) is 12.9. The number of amides is 2.